The lowest BCUT2D eigenvalue weighted by molar-refractivity contribution is -0.150. The molecule has 2 unspecified atom stereocenters. The number of hydrogen-bond acceptors (Lipinski definition) is 3. The first-order valence-corrected chi connectivity index (χ1v) is 6.36. The average Bonchev–Trinajstić information content (AvgIpc) is 2.37. The van der Waals surface area contributed by atoms with Gasteiger partial charge in [-0.3, -0.25) is 14.4 Å². The van der Waals surface area contributed by atoms with Crippen molar-refractivity contribution < 1.29 is 19.5 Å². The minimum Gasteiger partial charge on any atom is -0.481 e. The van der Waals surface area contributed by atoms with Gasteiger partial charge in [0.25, 0.3) is 0 Å². The number of carbonyl (C=O) groups is 3. The van der Waals surface area contributed by atoms with Crippen LogP contribution in [-0.4, -0.2) is 47.9 Å². The molecule has 6 nitrogen and oxygen atoms in total. The molecular weight excluding hydrogens is 248 g/mol. The lowest BCUT2D eigenvalue weighted by atomic mass is 9.82. The molecule has 0 bridgehead atoms. The molecule has 106 valence electrons. The number of allylic oxidation sites excluding steroid dienone is 2. The van der Waals surface area contributed by atoms with E-state index >= 15 is 0 Å². The van der Waals surface area contributed by atoms with Gasteiger partial charge in [-0.25, -0.2) is 0 Å². The summed E-state index contributed by atoms with van der Waals surface area (Å²) in [6.07, 6.45) is 4.38. The maximum atomic E-state index is 12.2. The predicted molar refractivity (Wildman–Crippen MR) is 69.3 cm³/mol. The van der Waals surface area contributed by atoms with Gasteiger partial charge in [0, 0.05) is 13.6 Å². The van der Waals surface area contributed by atoms with Crippen LogP contribution in [0, 0.1) is 11.8 Å². The molecule has 0 aromatic heterocycles. The number of nitrogens with zero attached hydrogens (tertiary/aromatic N) is 1. The molecule has 0 saturated carbocycles. The monoisotopic (exact) mass is 268 g/mol. The molecule has 2 amide bonds. The third-order valence-electron chi connectivity index (χ3n) is 3.20. The zero-order valence-electron chi connectivity index (χ0n) is 11.3. The van der Waals surface area contributed by atoms with E-state index in [1.54, 1.807) is 13.0 Å². The van der Waals surface area contributed by atoms with Crippen LogP contribution in [0.4, 0.5) is 0 Å². The average molecular weight is 268 g/mol. The summed E-state index contributed by atoms with van der Waals surface area (Å²) >= 11 is 0. The Morgan fingerprint density at radius 3 is 2.37 bits per heavy atom. The van der Waals surface area contributed by atoms with Gasteiger partial charge in [-0.05, 0) is 19.8 Å². The Kier molecular flexibility index (Phi) is 5.54. The molecule has 2 atom stereocenters. The van der Waals surface area contributed by atoms with Crippen LogP contribution in [0.15, 0.2) is 12.2 Å². The van der Waals surface area contributed by atoms with E-state index in [-0.39, 0.29) is 18.4 Å². The number of carbonyl (C=O) groups excluding carboxylic acids is 2. The SMILES string of the molecule is CCNC(=O)CN(C)C(=O)C1CC=CCC1C(=O)O. The lowest BCUT2D eigenvalue weighted by Gasteiger charge is -2.28. The van der Waals surface area contributed by atoms with Crippen molar-refractivity contribution in [3.63, 3.8) is 0 Å². The fourth-order valence-electron chi connectivity index (χ4n) is 2.19. The quantitative estimate of drug-likeness (QED) is 0.700. The zero-order valence-corrected chi connectivity index (χ0v) is 11.3. The minimum absolute atomic E-state index is 0.0424. The summed E-state index contributed by atoms with van der Waals surface area (Å²) in [6, 6.07) is 0. The van der Waals surface area contributed by atoms with Crippen LogP contribution in [0.3, 0.4) is 0 Å². The summed E-state index contributed by atoms with van der Waals surface area (Å²) in [4.78, 5) is 36.1. The molecule has 0 aromatic rings. The van der Waals surface area contributed by atoms with Gasteiger partial charge in [-0.2, -0.15) is 0 Å². The van der Waals surface area contributed by atoms with Gasteiger partial charge in [-0.15, -0.1) is 0 Å². The predicted octanol–water partition coefficient (Wildman–Crippen LogP) is 0.248. The Bertz CT molecular complexity index is 392. The minimum atomic E-state index is -0.964. The van der Waals surface area contributed by atoms with E-state index in [2.05, 4.69) is 5.32 Å². The highest BCUT2D eigenvalue weighted by molar-refractivity contribution is 5.88. The van der Waals surface area contributed by atoms with Gasteiger partial charge in [0.05, 0.1) is 18.4 Å². The van der Waals surface area contributed by atoms with Gasteiger partial charge in [0.1, 0.15) is 0 Å². The zero-order chi connectivity index (χ0) is 14.4. The Hall–Kier alpha value is -1.85. The Morgan fingerprint density at radius 2 is 1.84 bits per heavy atom. The number of rotatable bonds is 5. The van der Waals surface area contributed by atoms with E-state index in [0.29, 0.717) is 19.4 Å². The maximum absolute atomic E-state index is 12.2. The molecule has 19 heavy (non-hydrogen) atoms. The van der Waals surface area contributed by atoms with Gasteiger partial charge < -0.3 is 15.3 Å². The van der Waals surface area contributed by atoms with Crippen molar-refractivity contribution >= 4 is 17.8 Å². The topological polar surface area (TPSA) is 86.7 Å². The largest absolute Gasteiger partial charge is 0.481 e. The highest BCUT2D eigenvalue weighted by atomic mass is 16.4. The van der Waals surface area contributed by atoms with Crippen molar-refractivity contribution in [2.75, 3.05) is 20.1 Å². The third-order valence-corrected chi connectivity index (χ3v) is 3.20. The summed E-state index contributed by atoms with van der Waals surface area (Å²) in [5, 5.41) is 11.7. The number of amides is 2. The summed E-state index contributed by atoms with van der Waals surface area (Å²) in [5.41, 5.74) is 0. The highest BCUT2D eigenvalue weighted by Crippen LogP contribution is 2.27. The van der Waals surface area contributed by atoms with E-state index in [0.717, 1.165) is 0 Å². The number of carboxylic acids is 1. The van der Waals surface area contributed by atoms with Crippen LogP contribution in [0.5, 0.6) is 0 Å². The van der Waals surface area contributed by atoms with Crippen molar-refractivity contribution in [1.29, 1.82) is 0 Å². The first-order chi connectivity index (χ1) is 8.97. The number of nitrogens with one attached hydrogen (secondary N) is 1. The molecule has 2 N–H and O–H groups in total. The second kappa shape index (κ2) is 6.92. The smallest absolute Gasteiger partial charge is 0.307 e. The number of aliphatic carboxylic acids is 1. The second-order valence-corrected chi connectivity index (χ2v) is 4.64. The standard InChI is InChI=1S/C13H20N2O4/c1-3-14-11(16)8-15(2)12(17)9-6-4-5-7-10(9)13(18)19/h4-5,9-10H,3,6-8H2,1-2H3,(H,14,16)(H,18,19). The summed E-state index contributed by atoms with van der Waals surface area (Å²) in [7, 11) is 1.52. The maximum Gasteiger partial charge on any atom is 0.307 e. The first-order valence-electron chi connectivity index (χ1n) is 6.36. The van der Waals surface area contributed by atoms with Gasteiger partial charge in [0.2, 0.25) is 11.8 Å². The summed E-state index contributed by atoms with van der Waals surface area (Å²) in [6.45, 7) is 2.26. The lowest BCUT2D eigenvalue weighted by Crippen LogP contribution is -2.44. The van der Waals surface area contributed by atoms with Gasteiger partial charge >= 0.3 is 5.97 Å². The molecule has 0 aliphatic heterocycles. The van der Waals surface area contributed by atoms with Crippen LogP contribution >= 0.6 is 0 Å². The number of hydrogen-bond donors (Lipinski definition) is 2. The fraction of sp³-hybridized carbons (Fsp3) is 0.615. The molecule has 1 aliphatic rings. The Morgan fingerprint density at radius 1 is 1.26 bits per heavy atom. The van der Waals surface area contributed by atoms with Gasteiger partial charge in [0.15, 0.2) is 0 Å². The van der Waals surface area contributed by atoms with E-state index in [1.165, 1.54) is 11.9 Å². The van der Waals surface area contributed by atoms with Crippen LogP contribution in [-0.2, 0) is 14.4 Å². The third kappa shape index (κ3) is 4.08. The second-order valence-electron chi connectivity index (χ2n) is 4.64. The Labute approximate surface area is 112 Å². The van der Waals surface area contributed by atoms with Crippen LogP contribution < -0.4 is 5.32 Å². The van der Waals surface area contributed by atoms with Crippen molar-refractivity contribution in [3.8, 4) is 0 Å². The van der Waals surface area contributed by atoms with Gasteiger partial charge in [-0.1, -0.05) is 12.2 Å². The van der Waals surface area contributed by atoms with Crippen LogP contribution in [0.25, 0.3) is 0 Å². The summed E-state index contributed by atoms with van der Waals surface area (Å²) in [5.74, 6) is -2.77. The number of carboxylic acid groups (broad SMARTS) is 1. The van der Waals surface area contributed by atoms with Crippen molar-refractivity contribution in [1.82, 2.24) is 10.2 Å². The van der Waals surface area contributed by atoms with E-state index in [4.69, 9.17) is 5.11 Å². The van der Waals surface area contributed by atoms with E-state index in [9.17, 15) is 14.4 Å². The molecule has 0 heterocycles. The molecule has 0 aromatic carbocycles. The van der Waals surface area contributed by atoms with E-state index in [1.807, 2.05) is 6.08 Å². The Balaban J connectivity index is 2.67. The molecule has 0 radical (unpaired) electrons. The highest BCUT2D eigenvalue weighted by Gasteiger charge is 2.35. The van der Waals surface area contributed by atoms with Crippen molar-refractivity contribution in [2.45, 2.75) is 19.8 Å². The normalized spacial score (nSPS) is 21.8. The van der Waals surface area contributed by atoms with Crippen LogP contribution in [0.1, 0.15) is 19.8 Å². The molecule has 0 saturated heterocycles. The number of likely N-dealkylation sites (N-methyl/N-ethyl adjacent to an activating group) is 2. The molecule has 1 rings (SSSR count). The van der Waals surface area contributed by atoms with Crippen LogP contribution in [0.2, 0.25) is 0 Å². The fourth-order valence-corrected chi connectivity index (χ4v) is 2.19. The molecule has 0 fully saturated rings. The molecule has 6 heteroatoms. The molecular formula is C13H20N2O4. The first kappa shape index (κ1) is 15.2. The van der Waals surface area contributed by atoms with E-state index < -0.39 is 17.8 Å². The van der Waals surface area contributed by atoms with Crippen molar-refractivity contribution in [2.24, 2.45) is 11.8 Å². The van der Waals surface area contributed by atoms with Crippen molar-refractivity contribution in [3.05, 3.63) is 12.2 Å². The molecule has 0 spiro atoms. The summed E-state index contributed by atoms with van der Waals surface area (Å²) < 4.78 is 0. The molecule has 1 aliphatic carbocycles.